The van der Waals surface area contributed by atoms with Gasteiger partial charge in [0.25, 0.3) is 5.56 Å². The van der Waals surface area contributed by atoms with Gasteiger partial charge in [0.2, 0.25) is 0 Å². The number of aromatic amines is 1. The zero-order chi connectivity index (χ0) is 17.1. The number of aromatic nitrogens is 1. The van der Waals surface area contributed by atoms with Gasteiger partial charge in [-0.1, -0.05) is 48.5 Å². The fraction of sp³-hybridized carbons (Fsp3) is 0.500. The van der Waals surface area contributed by atoms with Gasteiger partial charge in [-0.15, -0.1) is 22.7 Å². The molecule has 0 aliphatic carbocycles. The number of fused-ring (bicyclic) bond motifs is 3. The van der Waals surface area contributed by atoms with Crippen LogP contribution >= 0.6 is 22.7 Å². The lowest BCUT2D eigenvalue weighted by Gasteiger charge is -2.14. The molecular weight excluding hydrogens is 310 g/mol. The molecule has 0 radical (unpaired) electrons. The Morgan fingerprint density at radius 3 is 2.09 bits per heavy atom. The first-order chi connectivity index (χ1) is 10.4. The van der Waals surface area contributed by atoms with Crippen molar-refractivity contribution in [2.45, 2.75) is 60.8 Å². The third kappa shape index (κ3) is 3.61. The third-order valence-electron chi connectivity index (χ3n) is 3.03. The molecule has 0 bridgehead atoms. The number of thiophene rings is 2. The number of pyridine rings is 1. The smallest absolute Gasteiger partial charge is 0.257 e. The second kappa shape index (κ2) is 7.42. The van der Waals surface area contributed by atoms with Crippen LogP contribution in [0.5, 0.6) is 0 Å². The number of aryl methyl sites for hydroxylation is 1. The molecular formula is C18H27NOS2. The maximum absolute atomic E-state index is 12.0. The number of H-pyrrole nitrogens is 1. The number of hydrogen-bond acceptors (Lipinski definition) is 3. The van der Waals surface area contributed by atoms with Gasteiger partial charge < -0.3 is 4.98 Å². The first-order valence-corrected chi connectivity index (χ1v) is 9.56. The molecule has 0 aliphatic heterocycles. The Bertz CT molecular complexity index is 800. The molecule has 0 atom stereocenters. The number of rotatable bonds is 0. The molecule has 22 heavy (non-hydrogen) atoms. The highest BCUT2D eigenvalue weighted by molar-refractivity contribution is 7.27. The van der Waals surface area contributed by atoms with E-state index >= 15 is 0 Å². The Kier molecular flexibility index (Phi) is 6.38. The number of hydrogen-bond donors (Lipinski definition) is 1. The van der Waals surface area contributed by atoms with Crippen molar-refractivity contribution in [2.24, 2.45) is 0 Å². The van der Waals surface area contributed by atoms with E-state index in [-0.39, 0.29) is 11.0 Å². The summed E-state index contributed by atoms with van der Waals surface area (Å²) < 4.78 is 2.35. The van der Waals surface area contributed by atoms with E-state index in [2.05, 4.69) is 31.8 Å². The van der Waals surface area contributed by atoms with Crippen LogP contribution < -0.4 is 5.56 Å². The fourth-order valence-electron chi connectivity index (χ4n) is 2.06. The minimum atomic E-state index is 0.0279. The second-order valence-corrected chi connectivity index (χ2v) is 7.97. The summed E-state index contributed by atoms with van der Waals surface area (Å²) in [5.74, 6) is 0. The van der Waals surface area contributed by atoms with E-state index in [0.717, 1.165) is 15.6 Å². The predicted octanol–water partition coefficient (Wildman–Crippen LogP) is 6.46. The lowest BCUT2D eigenvalue weighted by molar-refractivity contribution is 0.604. The summed E-state index contributed by atoms with van der Waals surface area (Å²) in [7, 11) is 0. The first-order valence-electron chi connectivity index (χ1n) is 7.93. The maximum Gasteiger partial charge on any atom is 0.257 e. The molecule has 0 aliphatic rings. The fourth-order valence-corrected chi connectivity index (χ4v) is 4.40. The van der Waals surface area contributed by atoms with Crippen LogP contribution in [0.2, 0.25) is 0 Å². The van der Waals surface area contributed by atoms with Crippen molar-refractivity contribution in [3.8, 4) is 0 Å². The molecule has 2 nitrogen and oxygen atoms in total. The topological polar surface area (TPSA) is 32.9 Å². The molecule has 4 heteroatoms. The molecule has 122 valence electrons. The normalized spacial score (nSPS) is 10.9. The van der Waals surface area contributed by atoms with Crippen LogP contribution in [0.25, 0.3) is 20.3 Å². The van der Waals surface area contributed by atoms with Gasteiger partial charge in [0, 0.05) is 9.75 Å². The molecule has 0 fully saturated rings. The first kappa shape index (κ1) is 18.9. The van der Waals surface area contributed by atoms with Crippen LogP contribution in [0.1, 0.15) is 58.2 Å². The highest BCUT2D eigenvalue weighted by atomic mass is 32.1. The Morgan fingerprint density at radius 2 is 1.55 bits per heavy atom. The Hall–Kier alpha value is -1.13. The molecule has 0 unspecified atom stereocenters. The zero-order valence-electron chi connectivity index (χ0n) is 14.9. The van der Waals surface area contributed by atoms with Gasteiger partial charge in [-0.05, 0) is 24.5 Å². The Morgan fingerprint density at radius 1 is 0.955 bits per heavy atom. The van der Waals surface area contributed by atoms with Gasteiger partial charge in [0.1, 0.15) is 0 Å². The molecule has 1 N–H and O–H groups in total. The minimum absolute atomic E-state index is 0.0279. The molecule has 0 aromatic carbocycles. The average Bonchev–Trinajstić information content (AvgIpc) is 3.06. The molecule has 3 aromatic rings. The number of nitrogens with one attached hydrogen (secondary N) is 1. The average molecular weight is 338 g/mol. The van der Waals surface area contributed by atoms with Crippen molar-refractivity contribution < 1.29 is 0 Å². The van der Waals surface area contributed by atoms with Crippen LogP contribution in [0.4, 0.5) is 0 Å². The summed E-state index contributed by atoms with van der Waals surface area (Å²) >= 11 is 3.51. The van der Waals surface area contributed by atoms with E-state index in [0.29, 0.717) is 0 Å². The predicted molar refractivity (Wildman–Crippen MR) is 104 cm³/mol. The SMILES string of the molecule is CC.CC.Cc1cc2c(=O)[nH]c3cc(C(C)(C)C)sc3c2s1. The zero-order valence-corrected chi connectivity index (χ0v) is 16.5. The Balaban J connectivity index is 0.000000561. The van der Waals surface area contributed by atoms with E-state index < -0.39 is 0 Å². The van der Waals surface area contributed by atoms with E-state index in [9.17, 15) is 4.79 Å². The molecule has 0 saturated carbocycles. The summed E-state index contributed by atoms with van der Waals surface area (Å²) in [6, 6.07) is 4.10. The summed E-state index contributed by atoms with van der Waals surface area (Å²) in [5, 5.41) is 0.826. The largest absolute Gasteiger partial charge is 0.321 e. The summed E-state index contributed by atoms with van der Waals surface area (Å²) in [4.78, 5) is 17.5. The van der Waals surface area contributed by atoms with Crippen molar-refractivity contribution in [2.75, 3.05) is 0 Å². The van der Waals surface area contributed by atoms with Crippen molar-refractivity contribution in [3.05, 3.63) is 32.2 Å². The summed E-state index contributed by atoms with van der Waals surface area (Å²) in [6.07, 6.45) is 0. The van der Waals surface area contributed by atoms with Gasteiger partial charge in [0.05, 0.1) is 20.3 Å². The van der Waals surface area contributed by atoms with Crippen molar-refractivity contribution >= 4 is 43.0 Å². The van der Waals surface area contributed by atoms with E-state index in [1.54, 1.807) is 22.7 Å². The van der Waals surface area contributed by atoms with E-state index in [1.807, 2.05) is 40.7 Å². The van der Waals surface area contributed by atoms with Gasteiger partial charge in [0.15, 0.2) is 0 Å². The van der Waals surface area contributed by atoms with Gasteiger partial charge in [-0.25, -0.2) is 0 Å². The minimum Gasteiger partial charge on any atom is -0.321 e. The Labute approximate surface area is 141 Å². The van der Waals surface area contributed by atoms with Crippen LogP contribution in [0, 0.1) is 6.92 Å². The second-order valence-electron chi connectivity index (χ2n) is 5.66. The lowest BCUT2D eigenvalue weighted by atomic mass is 9.95. The monoisotopic (exact) mass is 337 g/mol. The van der Waals surface area contributed by atoms with E-state index in [1.165, 1.54) is 14.5 Å². The standard InChI is InChI=1S/C14H15NOS2.2C2H6/c1-7-5-8-11(17-7)12-9(15-13(8)16)6-10(18-12)14(2,3)4;2*1-2/h5-6H,1-4H3,(H,15,16);2*1-2H3. The molecule has 0 spiro atoms. The molecule has 3 aromatic heterocycles. The van der Waals surface area contributed by atoms with Crippen molar-refractivity contribution in [1.82, 2.24) is 4.98 Å². The summed E-state index contributed by atoms with van der Waals surface area (Å²) in [5.41, 5.74) is 1.13. The summed E-state index contributed by atoms with van der Waals surface area (Å²) in [6.45, 7) is 16.7. The van der Waals surface area contributed by atoms with Crippen molar-refractivity contribution in [3.63, 3.8) is 0 Å². The van der Waals surface area contributed by atoms with Crippen LogP contribution in [-0.2, 0) is 5.41 Å². The van der Waals surface area contributed by atoms with Gasteiger partial charge in [-0.3, -0.25) is 4.79 Å². The molecule has 3 heterocycles. The van der Waals surface area contributed by atoms with Crippen molar-refractivity contribution in [1.29, 1.82) is 0 Å². The van der Waals surface area contributed by atoms with E-state index in [4.69, 9.17) is 0 Å². The third-order valence-corrected chi connectivity index (χ3v) is 5.80. The van der Waals surface area contributed by atoms with Gasteiger partial charge in [-0.2, -0.15) is 0 Å². The van der Waals surface area contributed by atoms with Crippen LogP contribution in [-0.4, -0.2) is 4.98 Å². The molecule has 0 amide bonds. The molecule has 0 saturated heterocycles. The quantitative estimate of drug-likeness (QED) is 0.501. The van der Waals surface area contributed by atoms with Crippen LogP contribution in [0.15, 0.2) is 16.9 Å². The maximum atomic E-state index is 12.0. The van der Waals surface area contributed by atoms with Gasteiger partial charge >= 0.3 is 0 Å². The highest BCUT2D eigenvalue weighted by Crippen LogP contribution is 2.38. The molecule has 3 rings (SSSR count). The van der Waals surface area contributed by atoms with Crippen LogP contribution in [0.3, 0.4) is 0 Å². The lowest BCUT2D eigenvalue weighted by Crippen LogP contribution is -2.08. The highest BCUT2D eigenvalue weighted by Gasteiger charge is 2.19.